The van der Waals surface area contributed by atoms with E-state index in [0.717, 1.165) is 12.1 Å². The molecule has 12 heteroatoms. The van der Waals surface area contributed by atoms with Crippen LogP contribution in [0.2, 0.25) is 0 Å². The number of carbonyl (C=O) groups is 1. The molecule has 0 spiro atoms. The Morgan fingerprint density at radius 3 is 2.57 bits per heavy atom. The first kappa shape index (κ1) is 26.6. The maximum Gasteiger partial charge on any atom is 0.573 e. The molecule has 0 radical (unpaired) electrons. The summed E-state index contributed by atoms with van der Waals surface area (Å²) in [4.78, 5) is 12.6. The Kier molecular flexibility index (Phi) is 7.85. The first-order valence-corrected chi connectivity index (χ1v) is 12.3. The van der Waals surface area contributed by atoms with Gasteiger partial charge in [-0.25, -0.2) is 8.42 Å². The number of anilines is 2. The van der Waals surface area contributed by atoms with Crippen LogP contribution in [-0.4, -0.2) is 40.5 Å². The largest absolute Gasteiger partial charge is 0.573 e. The van der Waals surface area contributed by atoms with Crippen LogP contribution in [-0.2, 0) is 19.6 Å². The smallest absolute Gasteiger partial charge is 0.492 e. The van der Waals surface area contributed by atoms with E-state index in [2.05, 4.69) is 14.8 Å². The van der Waals surface area contributed by atoms with Gasteiger partial charge < -0.3 is 19.5 Å². The molecule has 8 nitrogen and oxygen atoms in total. The van der Waals surface area contributed by atoms with E-state index >= 15 is 0 Å². The Morgan fingerprint density at radius 1 is 1.17 bits per heavy atom. The summed E-state index contributed by atoms with van der Waals surface area (Å²) in [5.41, 5.74) is -0.142. The number of ether oxygens (including phenoxy) is 3. The summed E-state index contributed by atoms with van der Waals surface area (Å²) in [5, 5.41) is 2.81. The number of alkyl halides is 3. The van der Waals surface area contributed by atoms with Crippen LogP contribution in [0.15, 0.2) is 47.4 Å². The number of carbonyl (C=O) groups excluding carboxylic acids is 1. The van der Waals surface area contributed by atoms with Crippen molar-refractivity contribution in [2.45, 2.75) is 38.4 Å². The molecule has 1 saturated heterocycles. The molecule has 1 atom stereocenters. The predicted molar refractivity (Wildman–Crippen MR) is 123 cm³/mol. The van der Waals surface area contributed by atoms with E-state index in [1.165, 1.54) is 30.3 Å². The number of nitrogens with one attached hydrogen (secondary N) is 2. The molecule has 1 fully saturated rings. The average molecular weight is 517 g/mol. The molecule has 2 N–H and O–H groups in total. The number of sulfonamides is 1. The summed E-state index contributed by atoms with van der Waals surface area (Å²) in [5.74, 6) is -1.09. The number of amides is 1. The highest BCUT2D eigenvalue weighted by molar-refractivity contribution is 7.92. The predicted octanol–water partition coefficient (Wildman–Crippen LogP) is 4.79. The fourth-order valence-corrected chi connectivity index (χ4v) is 4.96. The van der Waals surface area contributed by atoms with Gasteiger partial charge in [-0.2, -0.15) is 0 Å². The van der Waals surface area contributed by atoms with Crippen LogP contribution in [0, 0.1) is 11.3 Å². The highest BCUT2D eigenvalue weighted by Crippen LogP contribution is 2.36. The minimum absolute atomic E-state index is 0.0215. The second kappa shape index (κ2) is 10.3. The fourth-order valence-electron chi connectivity index (χ4n) is 3.79. The maximum atomic E-state index is 13.0. The van der Waals surface area contributed by atoms with Crippen LogP contribution in [0.3, 0.4) is 0 Å². The van der Waals surface area contributed by atoms with Gasteiger partial charge >= 0.3 is 6.36 Å². The van der Waals surface area contributed by atoms with Gasteiger partial charge in [0.05, 0.1) is 18.9 Å². The van der Waals surface area contributed by atoms with Gasteiger partial charge in [-0.15, -0.1) is 13.2 Å². The molecule has 1 aliphatic heterocycles. The molecule has 2 aromatic rings. The fraction of sp³-hybridized carbons (Fsp3) is 0.435. The topological polar surface area (TPSA) is 103 Å². The van der Waals surface area contributed by atoms with Crippen LogP contribution in [0.4, 0.5) is 24.5 Å². The third kappa shape index (κ3) is 7.01. The molecule has 3 rings (SSSR count). The van der Waals surface area contributed by atoms with Crippen LogP contribution in [0.25, 0.3) is 0 Å². The average Bonchev–Trinajstić information content (AvgIpc) is 2.72. The van der Waals surface area contributed by atoms with Crippen LogP contribution >= 0.6 is 0 Å². The van der Waals surface area contributed by atoms with Crippen molar-refractivity contribution >= 4 is 27.3 Å². The summed E-state index contributed by atoms with van der Waals surface area (Å²) in [6.45, 7) is 6.62. The molecule has 2 aromatic carbocycles. The quantitative estimate of drug-likeness (QED) is 0.523. The van der Waals surface area contributed by atoms with Gasteiger partial charge in [-0.1, -0.05) is 19.9 Å². The molecular weight excluding hydrogens is 489 g/mol. The van der Waals surface area contributed by atoms with E-state index in [-0.39, 0.29) is 40.2 Å². The lowest BCUT2D eigenvalue weighted by molar-refractivity contribution is -0.274. The summed E-state index contributed by atoms with van der Waals surface area (Å²) >= 11 is 0. The Bertz CT molecular complexity index is 1170. The summed E-state index contributed by atoms with van der Waals surface area (Å²) in [7, 11) is -4.25. The summed E-state index contributed by atoms with van der Waals surface area (Å²) < 4.78 is 80.5. The van der Waals surface area contributed by atoms with Crippen molar-refractivity contribution in [3.05, 3.63) is 42.5 Å². The summed E-state index contributed by atoms with van der Waals surface area (Å²) in [6, 6.07) is 8.54. The van der Waals surface area contributed by atoms with Gasteiger partial charge in [-0.05, 0) is 43.0 Å². The standard InChI is InChI=1S/C23H27F3N2O6S/c1-4-33-19-13-15(27-21(29)18-10-11-32-14-22(18,2)3)8-9-20(19)35(30,31)28-16-6-5-7-17(12-16)34-23(24,25)26/h5-9,12-13,18,28H,4,10-11,14H2,1-3H3,(H,27,29). The van der Waals surface area contributed by atoms with Crippen molar-refractivity contribution in [1.82, 2.24) is 0 Å². The molecule has 0 saturated carbocycles. The number of hydrogen-bond donors (Lipinski definition) is 2. The Balaban J connectivity index is 1.83. The van der Waals surface area contributed by atoms with Gasteiger partial charge in [0.25, 0.3) is 10.0 Å². The van der Waals surface area contributed by atoms with Gasteiger partial charge in [0.1, 0.15) is 16.4 Å². The molecule has 192 valence electrons. The molecule has 1 amide bonds. The van der Waals surface area contributed by atoms with Gasteiger partial charge in [0.2, 0.25) is 5.91 Å². The molecular formula is C23H27F3N2O6S. The monoisotopic (exact) mass is 516 g/mol. The Hall–Kier alpha value is -2.99. The van der Waals surface area contributed by atoms with Gasteiger partial charge in [-0.3, -0.25) is 9.52 Å². The minimum atomic E-state index is -4.92. The normalized spacial score (nSPS) is 17.9. The van der Waals surface area contributed by atoms with Crippen molar-refractivity contribution in [1.29, 1.82) is 0 Å². The van der Waals surface area contributed by atoms with E-state index in [1.54, 1.807) is 6.92 Å². The SMILES string of the molecule is CCOc1cc(NC(=O)C2CCOCC2(C)C)ccc1S(=O)(=O)Nc1cccc(OC(F)(F)F)c1. The molecule has 0 aromatic heterocycles. The van der Waals surface area contributed by atoms with Gasteiger partial charge in [0.15, 0.2) is 0 Å². The third-order valence-corrected chi connectivity index (χ3v) is 6.83. The molecule has 1 aliphatic rings. The van der Waals surface area contributed by atoms with E-state index in [4.69, 9.17) is 9.47 Å². The van der Waals surface area contributed by atoms with Crippen LogP contribution < -0.4 is 19.5 Å². The van der Waals surface area contributed by atoms with Crippen molar-refractivity contribution in [2.75, 3.05) is 29.9 Å². The maximum absolute atomic E-state index is 13.0. The molecule has 0 bridgehead atoms. The third-order valence-electron chi connectivity index (χ3n) is 5.41. The lowest BCUT2D eigenvalue weighted by Gasteiger charge is -2.37. The Labute approximate surface area is 201 Å². The Morgan fingerprint density at radius 2 is 1.91 bits per heavy atom. The van der Waals surface area contributed by atoms with Crippen molar-refractivity contribution in [3.8, 4) is 11.5 Å². The molecule has 1 unspecified atom stereocenters. The zero-order chi connectivity index (χ0) is 25.9. The molecule has 1 heterocycles. The minimum Gasteiger partial charge on any atom is -0.492 e. The lowest BCUT2D eigenvalue weighted by Crippen LogP contribution is -2.42. The number of rotatable bonds is 8. The number of halogens is 3. The van der Waals surface area contributed by atoms with E-state index in [0.29, 0.717) is 25.3 Å². The second-order valence-corrected chi connectivity index (χ2v) is 10.3. The van der Waals surface area contributed by atoms with E-state index < -0.39 is 22.1 Å². The van der Waals surface area contributed by atoms with Crippen molar-refractivity contribution in [3.63, 3.8) is 0 Å². The van der Waals surface area contributed by atoms with Crippen LogP contribution in [0.5, 0.6) is 11.5 Å². The highest BCUT2D eigenvalue weighted by atomic mass is 32.2. The molecule has 0 aliphatic carbocycles. The first-order valence-electron chi connectivity index (χ1n) is 10.8. The van der Waals surface area contributed by atoms with E-state index in [9.17, 15) is 26.4 Å². The zero-order valence-electron chi connectivity index (χ0n) is 19.4. The van der Waals surface area contributed by atoms with E-state index in [1.807, 2.05) is 13.8 Å². The first-order chi connectivity index (χ1) is 16.3. The lowest BCUT2D eigenvalue weighted by atomic mass is 9.75. The second-order valence-electron chi connectivity index (χ2n) is 8.65. The van der Waals surface area contributed by atoms with Crippen molar-refractivity contribution < 1.29 is 40.6 Å². The zero-order valence-corrected chi connectivity index (χ0v) is 20.3. The number of hydrogen-bond acceptors (Lipinski definition) is 6. The van der Waals surface area contributed by atoms with Crippen LogP contribution in [0.1, 0.15) is 27.2 Å². The summed E-state index contributed by atoms with van der Waals surface area (Å²) in [6.07, 6.45) is -4.36. The van der Waals surface area contributed by atoms with Gasteiger partial charge in [0, 0.05) is 30.3 Å². The molecule has 35 heavy (non-hydrogen) atoms. The number of benzene rings is 2. The van der Waals surface area contributed by atoms with Crippen molar-refractivity contribution in [2.24, 2.45) is 11.3 Å². The highest BCUT2D eigenvalue weighted by Gasteiger charge is 2.38.